The van der Waals surface area contributed by atoms with Crippen LogP contribution in [0.4, 0.5) is 0 Å². The van der Waals surface area contributed by atoms with Crippen molar-refractivity contribution in [3.05, 3.63) is 12.2 Å². The molecular weight excluding hydrogens is 198 g/mol. The van der Waals surface area contributed by atoms with Crippen LogP contribution in [0.3, 0.4) is 0 Å². The van der Waals surface area contributed by atoms with Crippen molar-refractivity contribution in [1.29, 1.82) is 0 Å². The summed E-state index contributed by atoms with van der Waals surface area (Å²) in [6.45, 7) is 8.80. The number of ether oxygens (including phenoxy) is 1. The van der Waals surface area contributed by atoms with Gasteiger partial charge in [-0.05, 0) is 59.0 Å². The molecule has 2 heteroatoms. The van der Waals surface area contributed by atoms with Crippen LogP contribution in [-0.2, 0) is 4.74 Å². The third kappa shape index (κ3) is 5.66. The normalized spacial score (nSPS) is 24.3. The lowest BCUT2D eigenvalue weighted by atomic mass is 10.0. The van der Waals surface area contributed by atoms with Crippen molar-refractivity contribution in [1.82, 2.24) is 5.32 Å². The Balaban J connectivity index is 2.00. The molecule has 0 radical (unpaired) electrons. The summed E-state index contributed by atoms with van der Waals surface area (Å²) in [7, 11) is 0. The van der Waals surface area contributed by atoms with Gasteiger partial charge in [-0.25, -0.2) is 0 Å². The predicted octanol–water partition coefficient (Wildman–Crippen LogP) is 3.28. The second kappa shape index (κ2) is 7.08. The summed E-state index contributed by atoms with van der Waals surface area (Å²) in [6, 6.07) is 0. The van der Waals surface area contributed by atoms with Crippen molar-refractivity contribution in [2.75, 3.05) is 13.1 Å². The molecule has 16 heavy (non-hydrogen) atoms. The van der Waals surface area contributed by atoms with E-state index in [0.717, 1.165) is 25.9 Å². The Morgan fingerprint density at radius 2 is 2.12 bits per heavy atom. The van der Waals surface area contributed by atoms with Crippen molar-refractivity contribution in [2.24, 2.45) is 0 Å². The molecule has 1 N–H and O–H groups in total. The van der Waals surface area contributed by atoms with Crippen molar-refractivity contribution < 1.29 is 4.74 Å². The van der Waals surface area contributed by atoms with Gasteiger partial charge in [-0.2, -0.15) is 0 Å². The largest absolute Gasteiger partial charge is 0.372 e. The minimum absolute atomic E-state index is 0.112. The average Bonchev–Trinajstić information content (AvgIpc) is 2.57. The fourth-order valence-corrected chi connectivity index (χ4v) is 2.10. The lowest BCUT2D eigenvalue weighted by Crippen LogP contribution is -2.19. The van der Waals surface area contributed by atoms with Crippen LogP contribution in [-0.4, -0.2) is 24.8 Å². The lowest BCUT2D eigenvalue weighted by Gasteiger charge is -2.18. The smallest absolute Gasteiger partial charge is 0.0631 e. The molecule has 1 saturated heterocycles. The first-order chi connectivity index (χ1) is 7.64. The summed E-state index contributed by atoms with van der Waals surface area (Å²) < 4.78 is 5.93. The van der Waals surface area contributed by atoms with Crippen molar-refractivity contribution in [2.45, 2.75) is 64.6 Å². The Morgan fingerprint density at radius 1 is 1.31 bits per heavy atom. The topological polar surface area (TPSA) is 21.3 Å². The van der Waals surface area contributed by atoms with E-state index in [2.05, 4.69) is 38.2 Å². The standard InChI is InChI=1S/C14H27NO/c1-4-11-15-12-7-5-6-8-13-9-10-14(2,3)16-13/h5-6,13,15H,4,7-12H2,1-3H3/b6-5+. The van der Waals surface area contributed by atoms with Gasteiger partial charge in [-0.3, -0.25) is 0 Å². The van der Waals surface area contributed by atoms with Gasteiger partial charge in [0.2, 0.25) is 0 Å². The van der Waals surface area contributed by atoms with Crippen LogP contribution >= 0.6 is 0 Å². The first-order valence-electron chi connectivity index (χ1n) is 6.67. The van der Waals surface area contributed by atoms with E-state index in [4.69, 9.17) is 4.74 Å². The van der Waals surface area contributed by atoms with E-state index in [1.165, 1.54) is 19.3 Å². The maximum atomic E-state index is 5.93. The van der Waals surface area contributed by atoms with Gasteiger partial charge in [-0.15, -0.1) is 0 Å². The zero-order chi connectivity index (χ0) is 11.9. The van der Waals surface area contributed by atoms with Gasteiger partial charge in [0, 0.05) is 0 Å². The van der Waals surface area contributed by atoms with Gasteiger partial charge in [0.05, 0.1) is 11.7 Å². The van der Waals surface area contributed by atoms with Crippen molar-refractivity contribution in [3.63, 3.8) is 0 Å². The molecule has 1 atom stereocenters. The molecule has 94 valence electrons. The highest BCUT2D eigenvalue weighted by molar-refractivity contribution is 4.89. The van der Waals surface area contributed by atoms with Crippen LogP contribution in [0, 0.1) is 0 Å². The Kier molecular flexibility index (Phi) is 6.07. The SMILES string of the molecule is CCCNCC/C=C/CC1CCC(C)(C)O1. The summed E-state index contributed by atoms with van der Waals surface area (Å²) in [5, 5.41) is 3.39. The molecule has 0 bridgehead atoms. The number of nitrogens with one attached hydrogen (secondary N) is 1. The molecule has 1 unspecified atom stereocenters. The van der Waals surface area contributed by atoms with E-state index < -0.39 is 0 Å². The first kappa shape index (κ1) is 13.7. The fourth-order valence-electron chi connectivity index (χ4n) is 2.10. The van der Waals surface area contributed by atoms with E-state index in [1.807, 2.05) is 0 Å². The molecule has 1 heterocycles. The van der Waals surface area contributed by atoms with E-state index in [9.17, 15) is 0 Å². The Hall–Kier alpha value is -0.340. The van der Waals surface area contributed by atoms with E-state index >= 15 is 0 Å². The minimum atomic E-state index is 0.112. The van der Waals surface area contributed by atoms with Crippen LogP contribution in [0.15, 0.2) is 12.2 Å². The molecule has 1 rings (SSSR count). The van der Waals surface area contributed by atoms with Gasteiger partial charge in [0.1, 0.15) is 0 Å². The molecule has 0 aliphatic carbocycles. The lowest BCUT2D eigenvalue weighted by molar-refractivity contribution is -0.0134. The molecule has 1 aliphatic heterocycles. The highest BCUT2D eigenvalue weighted by Crippen LogP contribution is 2.30. The number of hydrogen-bond donors (Lipinski definition) is 1. The third-order valence-electron chi connectivity index (χ3n) is 3.03. The maximum absolute atomic E-state index is 5.93. The summed E-state index contributed by atoms with van der Waals surface area (Å²) >= 11 is 0. The van der Waals surface area contributed by atoms with Crippen LogP contribution in [0.25, 0.3) is 0 Å². The maximum Gasteiger partial charge on any atom is 0.0631 e. The van der Waals surface area contributed by atoms with Crippen LogP contribution in [0.1, 0.15) is 52.9 Å². The first-order valence-corrected chi connectivity index (χ1v) is 6.67. The third-order valence-corrected chi connectivity index (χ3v) is 3.03. The molecular formula is C14H27NO. The molecule has 0 aromatic carbocycles. The van der Waals surface area contributed by atoms with Gasteiger partial charge >= 0.3 is 0 Å². The molecule has 2 nitrogen and oxygen atoms in total. The highest BCUT2D eigenvalue weighted by Gasteiger charge is 2.30. The Morgan fingerprint density at radius 3 is 2.75 bits per heavy atom. The van der Waals surface area contributed by atoms with Crippen LogP contribution in [0.2, 0.25) is 0 Å². The van der Waals surface area contributed by atoms with E-state index in [-0.39, 0.29) is 5.60 Å². The van der Waals surface area contributed by atoms with Crippen LogP contribution in [0.5, 0.6) is 0 Å². The van der Waals surface area contributed by atoms with Gasteiger partial charge in [0.25, 0.3) is 0 Å². The molecule has 0 spiro atoms. The summed E-state index contributed by atoms with van der Waals surface area (Å²) in [6.07, 6.45) is 10.9. The van der Waals surface area contributed by atoms with Crippen molar-refractivity contribution >= 4 is 0 Å². The second-order valence-electron chi connectivity index (χ2n) is 5.28. The van der Waals surface area contributed by atoms with Gasteiger partial charge in [-0.1, -0.05) is 19.1 Å². The Bertz CT molecular complexity index is 211. The monoisotopic (exact) mass is 225 g/mol. The molecule has 0 aromatic heterocycles. The average molecular weight is 225 g/mol. The highest BCUT2D eigenvalue weighted by atomic mass is 16.5. The molecule has 0 aromatic rings. The minimum Gasteiger partial charge on any atom is -0.372 e. The zero-order valence-corrected chi connectivity index (χ0v) is 11.1. The quantitative estimate of drug-likeness (QED) is 0.530. The summed E-state index contributed by atoms with van der Waals surface area (Å²) in [5.41, 5.74) is 0.112. The molecule has 1 fully saturated rings. The van der Waals surface area contributed by atoms with Crippen LogP contribution < -0.4 is 5.32 Å². The number of rotatable bonds is 7. The zero-order valence-electron chi connectivity index (χ0n) is 11.1. The van der Waals surface area contributed by atoms with Gasteiger partial charge in [0.15, 0.2) is 0 Å². The molecule has 0 saturated carbocycles. The second-order valence-corrected chi connectivity index (χ2v) is 5.28. The van der Waals surface area contributed by atoms with Crippen molar-refractivity contribution in [3.8, 4) is 0 Å². The summed E-state index contributed by atoms with van der Waals surface area (Å²) in [4.78, 5) is 0. The van der Waals surface area contributed by atoms with Gasteiger partial charge < -0.3 is 10.1 Å². The number of hydrogen-bond acceptors (Lipinski definition) is 2. The van der Waals surface area contributed by atoms with E-state index in [0.29, 0.717) is 6.10 Å². The fraction of sp³-hybridized carbons (Fsp3) is 0.857. The molecule has 0 amide bonds. The molecule has 1 aliphatic rings. The van der Waals surface area contributed by atoms with E-state index in [1.54, 1.807) is 0 Å². The Labute approximate surface area is 100 Å². The predicted molar refractivity (Wildman–Crippen MR) is 69.7 cm³/mol. The summed E-state index contributed by atoms with van der Waals surface area (Å²) in [5.74, 6) is 0.